The lowest BCUT2D eigenvalue weighted by molar-refractivity contribution is 0.121. The summed E-state index contributed by atoms with van der Waals surface area (Å²) in [5.74, 6) is 0.357. The number of nitrogens with one attached hydrogen (secondary N) is 1. The maximum Gasteiger partial charge on any atom is 0.412 e. The van der Waals surface area contributed by atoms with E-state index < -0.39 is 12.2 Å². The molecule has 7 heteroatoms. The molecule has 3 rings (SSSR count). The van der Waals surface area contributed by atoms with Gasteiger partial charge in [0.2, 0.25) is 5.76 Å². The number of pyridine rings is 1. The lowest BCUT2D eigenvalue weighted by Gasteiger charge is -2.16. The molecular formula is C20H22N4O3. The Morgan fingerprint density at radius 1 is 1.15 bits per heavy atom. The third-order valence-electron chi connectivity index (χ3n) is 4.36. The van der Waals surface area contributed by atoms with Gasteiger partial charge < -0.3 is 15.0 Å². The molecule has 0 aliphatic heterocycles. The molecule has 7 nitrogen and oxygen atoms in total. The zero-order chi connectivity index (χ0) is 19.6. The Hall–Kier alpha value is -3.35. The Balaban J connectivity index is 1.79. The molecule has 1 atom stereocenters. The number of carbonyl (C=O) groups excluding carboxylic acids is 1. The van der Waals surface area contributed by atoms with Crippen LogP contribution in [-0.4, -0.2) is 16.2 Å². The van der Waals surface area contributed by atoms with Gasteiger partial charge in [0.15, 0.2) is 0 Å². The highest BCUT2D eigenvalue weighted by molar-refractivity contribution is 5.90. The van der Waals surface area contributed by atoms with Crippen LogP contribution in [0.1, 0.15) is 35.5 Å². The number of aromatic nitrogens is 2. The van der Waals surface area contributed by atoms with Gasteiger partial charge in [-0.2, -0.15) is 0 Å². The predicted octanol–water partition coefficient (Wildman–Crippen LogP) is 4.55. The van der Waals surface area contributed by atoms with Gasteiger partial charge in [0.25, 0.3) is 0 Å². The summed E-state index contributed by atoms with van der Waals surface area (Å²) in [5, 5.41) is 6.66. The molecule has 0 aliphatic rings. The van der Waals surface area contributed by atoms with Gasteiger partial charge in [-0.15, -0.1) is 0 Å². The summed E-state index contributed by atoms with van der Waals surface area (Å²) in [7, 11) is 0. The normalized spacial score (nSPS) is 11.9. The number of nitrogens with zero attached hydrogens (tertiary/aromatic N) is 2. The number of benzene rings is 1. The van der Waals surface area contributed by atoms with Gasteiger partial charge in [-0.3, -0.25) is 5.32 Å². The predicted molar refractivity (Wildman–Crippen MR) is 103 cm³/mol. The van der Waals surface area contributed by atoms with Crippen LogP contribution in [0.2, 0.25) is 0 Å². The summed E-state index contributed by atoms with van der Waals surface area (Å²) in [6, 6.07) is 11.2. The van der Waals surface area contributed by atoms with Crippen LogP contribution in [0.5, 0.6) is 0 Å². The molecule has 3 N–H and O–H groups in total. The number of rotatable bonds is 4. The van der Waals surface area contributed by atoms with Gasteiger partial charge in [-0.25, -0.2) is 9.78 Å². The Bertz CT molecular complexity index is 981. The SMILES string of the molecule is Cc1ccccc1[C@@H](C)OC(=O)Nc1c(C)noc1-c1ccc(N)c(C)n1. The first kappa shape index (κ1) is 18.4. The molecule has 2 heterocycles. The van der Waals surface area contributed by atoms with Crippen molar-refractivity contribution in [2.45, 2.75) is 33.8 Å². The number of nitrogen functional groups attached to an aromatic ring is 1. The average molecular weight is 366 g/mol. The van der Waals surface area contributed by atoms with Crippen molar-refractivity contribution in [1.29, 1.82) is 0 Å². The number of amides is 1. The minimum Gasteiger partial charge on any atom is -0.441 e. The lowest BCUT2D eigenvalue weighted by atomic mass is 10.1. The molecule has 0 aliphatic carbocycles. The molecule has 0 radical (unpaired) electrons. The number of anilines is 2. The van der Waals surface area contributed by atoms with Crippen molar-refractivity contribution < 1.29 is 14.1 Å². The van der Waals surface area contributed by atoms with E-state index in [9.17, 15) is 4.79 Å². The summed E-state index contributed by atoms with van der Waals surface area (Å²) < 4.78 is 10.9. The summed E-state index contributed by atoms with van der Waals surface area (Å²) in [6.45, 7) is 7.34. The van der Waals surface area contributed by atoms with Gasteiger partial charge in [-0.1, -0.05) is 29.4 Å². The van der Waals surface area contributed by atoms with E-state index in [0.717, 1.165) is 11.1 Å². The van der Waals surface area contributed by atoms with Gasteiger partial charge in [0.05, 0.1) is 11.4 Å². The fraction of sp³-hybridized carbons (Fsp3) is 0.250. The lowest BCUT2D eigenvalue weighted by Crippen LogP contribution is -2.17. The molecule has 0 fully saturated rings. The minimum atomic E-state index is -0.592. The first-order valence-corrected chi connectivity index (χ1v) is 8.59. The molecule has 1 aromatic carbocycles. The highest BCUT2D eigenvalue weighted by atomic mass is 16.6. The molecule has 27 heavy (non-hydrogen) atoms. The number of ether oxygens (including phenoxy) is 1. The van der Waals surface area contributed by atoms with Gasteiger partial charge >= 0.3 is 6.09 Å². The molecule has 0 saturated heterocycles. The van der Waals surface area contributed by atoms with Crippen LogP contribution in [0.3, 0.4) is 0 Å². The van der Waals surface area contributed by atoms with E-state index in [0.29, 0.717) is 34.2 Å². The number of hydrogen-bond acceptors (Lipinski definition) is 6. The van der Waals surface area contributed by atoms with Crippen molar-refractivity contribution in [1.82, 2.24) is 10.1 Å². The molecule has 1 amide bonds. The van der Waals surface area contributed by atoms with Crippen molar-refractivity contribution in [2.24, 2.45) is 0 Å². The number of nitrogens with two attached hydrogens (primary N) is 1. The molecule has 0 unspecified atom stereocenters. The zero-order valence-corrected chi connectivity index (χ0v) is 15.7. The quantitative estimate of drug-likeness (QED) is 0.702. The Labute approximate surface area is 157 Å². The van der Waals surface area contributed by atoms with Crippen molar-refractivity contribution >= 4 is 17.5 Å². The largest absolute Gasteiger partial charge is 0.441 e. The van der Waals surface area contributed by atoms with Crippen LogP contribution in [0.4, 0.5) is 16.2 Å². The van der Waals surface area contributed by atoms with Crippen molar-refractivity contribution in [2.75, 3.05) is 11.1 Å². The van der Waals surface area contributed by atoms with Crippen LogP contribution in [0.15, 0.2) is 40.9 Å². The number of aryl methyl sites for hydroxylation is 3. The Kier molecular flexibility index (Phi) is 5.12. The average Bonchev–Trinajstić information content (AvgIpc) is 2.98. The third-order valence-corrected chi connectivity index (χ3v) is 4.36. The number of hydrogen-bond donors (Lipinski definition) is 2. The highest BCUT2D eigenvalue weighted by Gasteiger charge is 2.21. The summed E-state index contributed by atoms with van der Waals surface area (Å²) in [4.78, 5) is 16.8. The standard InChI is InChI=1S/C20H22N4O3/c1-11-7-5-6-8-15(11)14(4)26-20(25)23-18-13(3)24-27-19(18)17-10-9-16(21)12(2)22-17/h5-10,14H,21H2,1-4H3,(H,23,25)/t14-/m1/s1. The Morgan fingerprint density at radius 3 is 2.59 bits per heavy atom. The monoisotopic (exact) mass is 366 g/mol. The van der Waals surface area contributed by atoms with Gasteiger partial charge in [-0.05, 0) is 51.0 Å². The highest BCUT2D eigenvalue weighted by Crippen LogP contribution is 2.31. The second kappa shape index (κ2) is 7.49. The fourth-order valence-electron chi connectivity index (χ4n) is 2.79. The Morgan fingerprint density at radius 2 is 1.89 bits per heavy atom. The topological polar surface area (TPSA) is 103 Å². The molecule has 0 spiro atoms. The maximum atomic E-state index is 12.4. The molecular weight excluding hydrogens is 344 g/mol. The zero-order valence-electron chi connectivity index (χ0n) is 15.7. The smallest absolute Gasteiger partial charge is 0.412 e. The van der Waals surface area contributed by atoms with Crippen molar-refractivity contribution in [3.8, 4) is 11.5 Å². The maximum absolute atomic E-state index is 12.4. The van der Waals surface area contributed by atoms with Gasteiger partial charge in [0, 0.05) is 0 Å². The summed E-state index contributed by atoms with van der Waals surface area (Å²) in [5.41, 5.74) is 10.6. The van der Waals surface area contributed by atoms with E-state index in [1.807, 2.05) is 38.1 Å². The molecule has 0 bridgehead atoms. The van der Waals surface area contributed by atoms with E-state index >= 15 is 0 Å². The van der Waals surface area contributed by atoms with E-state index in [-0.39, 0.29) is 0 Å². The molecule has 140 valence electrons. The van der Waals surface area contributed by atoms with E-state index in [4.69, 9.17) is 15.0 Å². The second-order valence-electron chi connectivity index (χ2n) is 6.37. The molecule has 0 saturated carbocycles. The van der Waals surface area contributed by atoms with E-state index in [2.05, 4.69) is 15.5 Å². The summed E-state index contributed by atoms with van der Waals surface area (Å²) in [6.07, 6.45) is -0.989. The van der Waals surface area contributed by atoms with Crippen molar-refractivity contribution in [3.05, 3.63) is 58.9 Å². The van der Waals surface area contributed by atoms with Crippen LogP contribution in [-0.2, 0) is 4.74 Å². The third kappa shape index (κ3) is 3.92. The fourth-order valence-corrected chi connectivity index (χ4v) is 2.79. The summed E-state index contributed by atoms with van der Waals surface area (Å²) >= 11 is 0. The molecule has 2 aromatic heterocycles. The van der Waals surface area contributed by atoms with E-state index in [1.54, 1.807) is 26.0 Å². The van der Waals surface area contributed by atoms with Crippen LogP contribution < -0.4 is 11.1 Å². The number of carbonyl (C=O) groups is 1. The van der Waals surface area contributed by atoms with Crippen LogP contribution in [0, 0.1) is 20.8 Å². The first-order chi connectivity index (χ1) is 12.9. The van der Waals surface area contributed by atoms with E-state index in [1.165, 1.54) is 0 Å². The minimum absolute atomic E-state index is 0.357. The van der Waals surface area contributed by atoms with Crippen LogP contribution in [0.25, 0.3) is 11.5 Å². The second-order valence-corrected chi connectivity index (χ2v) is 6.37. The van der Waals surface area contributed by atoms with Crippen LogP contribution >= 0.6 is 0 Å². The van der Waals surface area contributed by atoms with Gasteiger partial charge in [0.1, 0.15) is 23.2 Å². The molecule has 3 aromatic rings. The van der Waals surface area contributed by atoms with Crippen molar-refractivity contribution in [3.63, 3.8) is 0 Å². The first-order valence-electron chi connectivity index (χ1n) is 8.59.